The molecule has 0 saturated heterocycles. The molecule has 0 aliphatic carbocycles. The summed E-state index contributed by atoms with van der Waals surface area (Å²) in [5, 5.41) is 11.5. The van der Waals surface area contributed by atoms with Gasteiger partial charge in [-0.3, -0.25) is 9.59 Å². The topological polar surface area (TPSA) is 90.0 Å². The van der Waals surface area contributed by atoms with Gasteiger partial charge in [0.1, 0.15) is 12.3 Å². The van der Waals surface area contributed by atoms with E-state index in [1.165, 1.54) is 5.56 Å². The minimum Gasteiger partial charge on any atom is -0.360 e. The fraction of sp³-hybridized carbons (Fsp3) is 0.368. The largest absolute Gasteiger partial charge is 0.360 e. The van der Waals surface area contributed by atoms with E-state index < -0.39 is 5.56 Å². The summed E-state index contributed by atoms with van der Waals surface area (Å²) in [6.45, 7) is 5.31. The van der Waals surface area contributed by atoms with Crippen molar-refractivity contribution in [3.63, 3.8) is 0 Å². The highest BCUT2D eigenvalue weighted by Crippen LogP contribution is 2.16. The predicted octanol–water partition coefficient (Wildman–Crippen LogP) is 2.14. The van der Waals surface area contributed by atoms with E-state index in [4.69, 9.17) is 4.52 Å². The monoisotopic (exact) mass is 354 g/mol. The number of benzene rings is 1. The van der Waals surface area contributed by atoms with E-state index in [0.29, 0.717) is 16.8 Å². The lowest BCUT2D eigenvalue weighted by atomic mass is 10.1. The van der Waals surface area contributed by atoms with Crippen molar-refractivity contribution in [1.82, 2.24) is 20.3 Å². The van der Waals surface area contributed by atoms with Gasteiger partial charge in [0.15, 0.2) is 5.52 Å². The summed E-state index contributed by atoms with van der Waals surface area (Å²) < 4.78 is 6.21. The summed E-state index contributed by atoms with van der Waals surface area (Å²) in [4.78, 5) is 24.7. The summed E-state index contributed by atoms with van der Waals surface area (Å²) in [5.74, 6) is 0.298. The van der Waals surface area contributed by atoms with Gasteiger partial charge in [-0.05, 0) is 39.2 Å². The van der Waals surface area contributed by atoms with Gasteiger partial charge in [-0.15, -0.1) is 0 Å². The van der Waals surface area contributed by atoms with E-state index in [0.717, 1.165) is 17.5 Å². The van der Waals surface area contributed by atoms with Gasteiger partial charge in [-0.2, -0.15) is 5.10 Å². The molecule has 0 saturated carbocycles. The average molecular weight is 354 g/mol. The van der Waals surface area contributed by atoms with E-state index in [1.54, 1.807) is 13.8 Å². The third-order valence-electron chi connectivity index (χ3n) is 4.34. The van der Waals surface area contributed by atoms with Gasteiger partial charge in [0, 0.05) is 6.04 Å². The van der Waals surface area contributed by atoms with Crippen molar-refractivity contribution >= 4 is 16.8 Å². The van der Waals surface area contributed by atoms with Crippen molar-refractivity contribution in [3.05, 3.63) is 57.7 Å². The molecule has 1 aromatic carbocycles. The van der Waals surface area contributed by atoms with Crippen LogP contribution in [0.5, 0.6) is 0 Å². The summed E-state index contributed by atoms with van der Waals surface area (Å²) in [6, 6.07) is 10.1. The van der Waals surface area contributed by atoms with Crippen LogP contribution in [0.15, 0.2) is 39.6 Å². The van der Waals surface area contributed by atoms with Gasteiger partial charge >= 0.3 is 0 Å². The van der Waals surface area contributed by atoms with Crippen LogP contribution in [0.3, 0.4) is 0 Å². The zero-order valence-corrected chi connectivity index (χ0v) is 15.2. The Labute approximate surface area is 151 Å². The van der Waals surface area contributed by atoms with E-state index in [2.05, 4.69) is 27.7 Å². The number of nitrogens with zero attached hydrogens (tertiary/aromatic N) is 3. The number of amides is 1. The van der Waals surface area contributed by atoms with Crippen molar-refractivity contribution in [2.24, 2.45) is 0 Å². The highest BCUT2D eigenvalue weighted by atomic mass is 16.5. The van der Waals surface area contributed by atoms with Crippen LogP contribution >= 0.6 is 0 Å². The predicted molar refractivity (Wildman–Crippen MR) is 97.9 cm³/mol. The molecule has 2 heterocycles. The average Bonchev–Trinajstić information content (AvgIpc) is 3.01. The number of hydrogen-bond donors (Lipinski definition) is 1. The Morgan fingerprint density at radius 3 is 2.73 bits per heavy atom. The van der Waals surface area contributed by atoms with Gasteiger partial charge in [0.2, 0.25) is 5.91 Å². The zero-order chi connectivity index (χ0) is 18.7. The molecule has 0 bridgehead atoms. The summed E-state index contributed by atoms with van der Waals surface area (Å²) in [5.41, 5.74) is 1.63. The number of nitrogens with one attached hydrogen (secondary N) is 1. The molecule has 1 N–H and O–H groups in total. The fourth-order valence-electron chi connectivity index (χ4n) is 3.01. The van der Waals surface area contributed by atoms with Gasteiger partial charge in [0.25, 0.3) is 5.56 Å². The first-order valence-electron chi connectivity index (χ1n) is 8.62. The highest BCUT2D eigenvalue weighted by molar-refractivity contribution is 5.82. The molecule has 2 aromatic heterocycles. The van der Waals surface area contributed by atoms with E-state index in [1.807, 2.05) is 25.1 Å². The van der Waals surface area contributed by atoms with Crippen LogP contribution in [-0.4, -0.2) is 26.9 Å². The number of hydrogen-bond acceptors (Lipinski definition) is 5. The molecule has 0 aliphatic heterocycles. The van der Waals surface area contributed by atoms with Crippen molar-refractivity contribution in [2.45, 2.75) is 46.2 Å². The van der Waals surface area contributed by atoms with Crippen LogP contribution in [0.25, 0.3) is 10.9 Å². The molecular weight excluding hydrogens is 332 g/mol. The Morgan fingerprint density at radius 1 is 1.27 bits per heavy atom. The second-order valence-corrected chi connectivity index (χ2v) is 6.50. The van der Waals surface area contributed by atoms with Gasteiger partial charge < -0.3 is 9.84 Å². The molecule has 3 rings (SSSR count). The SMILES string of the molecule is Cc1nn(CC(=O)NC(C)CCc2ccccc2)c(=O)c2noc(C)c12. The zero-order valence-electron chi connectivity index (χ0n) is 15.2. The van der Waals surface area contributed by atoms with Gasteiger partial charge in [-0.1, -0.05) is 35.5 Å². The van der Waals surface area contributed by atoms with Crippen molar-refractivity contribution in [1.29, 1.82) is 0 Å². The lowest BCUT2D eigenvalue weighted by molar-refractivity contribution is -0.122. The van der Waals surface area contributed by atoms with Crippen LogP contribution in [0, 0.1) is 13.8 Å². The maximum atomic E-state index is 12.4. The maximum absolute atomic E-state index is 12.4. The molecule has 0 fully saturated rings. The number of carbonyl (C=O) groups is 1. The second-order valence-electron chi connectivity index (χ2n) is 6.50. The molecule has 0 aliphatic rings. The first-order valence-corrected chi connectivity index (χ1v) is 8.62. The van der Waals surface area contributed by atoms with Crippen LogP contribution < -0.4 is 10.9 Å². The Balaban J connectivity index is 1.64. The molecule has 136 valence electrons. The van der Waals surface area contributed by atoms with E-state index >= 15 is 0 Å². The van der Waals surface area contributed by atoms with Crippen molar-refractivity contribution in [2.75, 3.05) is 0 Å². The first-order chi connectivity index (χ1) is 12.5. The van der Waals surface area contributed by atoms with Crippen LogP contribution in [-0.2, 0) is 17.8 Å². The minimum atomic E-state index is -0.422. The van der Waals surface area contributed by atoms with E-state index in [-0.39, 0.29) is 24.0 Å². The number of carbonyl (C=O) groups excluding carboxylic acids is 1. The molecule has 7 nitrogen and oxygen atoms in total. The summed E-state index contributed by atoms with van der Waals surface area (Å²) in [6.07, 6.45) is 1.70. The minimum absolute atomic E-state index is 0.00229. The number of fused-ring (bicyclic) bond motifs is 1. The molecular formula is C19H22N4O3. The van der Waals surface area contributed by atoms with E-state index in [9.17, 15) is 9.59 Å². The smallest absolute Gasteiger partial charge is 0.297 e. The molecule has 1 amide bonds. The third-order valence-corrected chi connectivity index (χ3v) is 4.34. The Hall–Kier alpha value is -2.96. The Kier molecular flexibility index (Phi) is 5.16. The van der Waals surface area contributed by atoms with Crippen LogP contribution in [0.2, 0.25) is 0 Å². The summed E-state index contributed by atoms with van der Waals surface area (Å²) in [7, 11) is 0. The van der Waals surface area contributed by atoms with Gasteiger partial charge in [0.05, 0.1) is 11.1 Å². The Bertz CT molecular complexity index is 976. The molecule has 1 unspecified atom stereocenters. The molecule has 7 heteroatoms. The van der Waals surface area contributed by atoms with Crippen LogP contribution in [0.1, 0.15) is 30.4 Å². The fourth-order valence-corrected chi connectivity index (χ4v) is 3.01. The molecule has 3 aromatic rings. The first kappa shape index (κ1) is 17.8. The molecule has 26 heavy (non-hydrogen) atoms. The van der Waals surface area contributed by atoms with Crippen LogP contribution in [0.4, 0.5) is 0 Å². The lowest BCUT2D eigenvalue weighted by Gasteiger charge is -2.14. The van der Waals surface area contributed by atoms with Crippen molar-refractivity contribution < 1.29 is 9.32 Å². The quantitative estimate of drug-likeness (QED) is 0.732. The number of rotatable bonds is 6. The molecule has 0 spiro atoms. The number of aryl methyl sites for hydroxylation is 3. The molecule has 1 atom stereocenters. The number of aromatic nitrogens is 3. The third kappa shape index (κ3) is 3.82. The Morgan fingerprint density at radius 2 is 2.00 bits per heavy atom. The van der Waals surface area contributed by atoms with Gasteiger partial charge in [-0.25, -0.2) is 4.68 Å². The lowest BCUT2D eigenvalue weighted by Crippen LogP contribution is -2.38. The normalized spacial score (nSPS) is 12.3. The standard InChI is InChI=1S/C19H22N4O3/c1-12(9-10-15-7-5-4-6-8-15)20-16(24)11-23-19(25)18-17(13(2)21-23)14(3)26-22-18/h4-8,12H,9-11H2,1-3H3,(H,20,24). The van der Waals surface area contributed by atoms with Crippen molar-refractivity contribution in [3.8, 4) is 0 Å². The summed E-state index contributed by atoms with van der Waals surface area (Å²) >= 11 is 0. The highest BCUT2D eigenvalue weighted by Gasteiger charge is 2.17. The molecule has 0 radical (unpaired) electrons. The maximum Gasteiger partial charge on any atom is 0.297 e. The second kappa shape index (κ2) is 7.51.